The average Bonchev–Trinajstić information content (AvgIpc) is 3.24. The van der Waals surface area contributed by atoms with Gasteiger partial charge in [-0.25, -0.2) is 4.98 Å². The Balaban J connectivity index is 1.49. The summed E-state index contributed by atoms with van der Waals surface area (Å²) in [6.07, 6.45) is 2.94. The van der Waals surface area contributed by atoms with Crippen molar-refractivity contribution in [3.05, 3.63) is 40.9 Å². The molecule has 1 aliphatic carbocycles. The second-order valence-electron chi connectivity index (χ2n) is 5.91. The number of aromatic nitrogens is 1. The molecule has 1 aliphatic heterocycles. The smallest absolute Gasteiger partial charge is 0.197 e. The fourth-order valence-electron chi connectivity index (χ4n) is 2.64. The van der Waals surface area contributed by atoms with Crippen molar-refractivity contribution in [3.8, 4) is 11.8 Å². The lowest BCUT2D eigenvalue weighted by atomic mass is 10.2. The van der Waals surface area contributed by atoms with E-state index >= 15 is 0 Å². The van der Waals surface area contributed by atoms with Crippen molar-refractivity contribution in [2.75, 3.05) is 18.4 Å². The summed E-state index contributed by atoms with van der Waals surface area (Å²) in [5.41, 5.74) is 1.19. The van der Waals surface area contributed by atoms with E-state index in [0.717, 1.165) is 49.1 Å². The van der Waals surface area contributed by atoms with E-state index in [-0.39, 0.29) is 5.60 Å². The number of hydrogen-bond acceptors (Lipinski definition) is 7. The van der Waals surface area contributed by atoms with Crippen LogP contribution in [-0.2, 0) is 5.60 Å². The van der Waals surface area contributed by atoms with Gasteiger partial charge in [-0.15, -0.1) is 11.3 Å². The van der Waals surface area contributed by atoms with Gasteiger partial charge in [0.25, 0.3) is 0 Å². The molecule has 0 unspecified atom stereocenters. The minimum Gasteiger partial charge on any atom is -0.481 e. The zero-order valence-electron chi connectivity index (χ0n) is 13.1. The number of guanidine groups is 1. The molecule has 4 rings (SSSR count). The summed E-state index contributed by atoms with van der Waals surface area (Å²) in [5, 5.41) is 18.3. The van der Waals surface area contributed by atoms with Gasteiger partial charge >= 0.3 is 0 Å². The minimum atomic E-state index is -0.355. The highest BCUT2D eigenvalue weighted by atomic mass is 32.1. The van der Waals surface area contributed by atoms with Gasteiger partial charge in [-0.2, -0.15) is 5.26 Å². The van der Waals surface area contributed by atoms with Crippen molar-refractivity contribution in [2.45, 2.75) is 24.9 Å². The van der Waals surface area contributed by atoms with E-state index in [1.807, 2.05) is 17.5 Å². The number of anilines is 1. The fraction of sp³-hybridized carbons (Fsp3) is 0.353. The molecule has 1 saturated carbocycles. The van der Waals surface area contributed by atoms with E-state index < -0.39 is 0 Å². The van der Waals surface area contributed by atoms with Crippen LogP contribution in [0.5, 0.6) is 5.75 Å². The third-order valence-electron chi connectivity index (χ3n) is 4.07. The number of benzene rings is 1. The third kappa shape index (κ3) is 3.05. The van der Waals surface area contributed by atoms with Crippen LogP contribution in [0.15, 0.2) is 34.6 Å². The lowest BCUT2D eigenvalue weighted by molar-refractivity contribution is 0.177. The van der Waals surface area contributed by atoms with Gasteiger partial charge in [0, 0.05) is 18.5 Å². The fourth-order valence-corrected chi connectivity index (χ4v) is 3.43. The summed E-state index contributed by atoms with van der Waals surface area (Å²) in [4.78, 5) is 9.07. The molecule has 24 heavy (non-hydrogen) atoms. The first-order valence-electron chi connectivity index (χ1n) is 7.98. The van der Waals surface area contributed by atoms with Crippen LogP contribution in [0, 0.1) is 11.3 Å². The van der Waals surface area contributed by atoms with Crippen molar-refractivity contribution in [1.82, 2.24) is 10.3 Å². The molecule has 1 fully saturated rings. The number of rotatable bonds is 4. The summed E-state index contributed by atoms with van der Waals surface area (Å²) in [7, 11) is 0. The van der Waals surface area contributed by atoms with Gasteiger partial charge < -0.3 is 15.4 Å². The molecule has 0 bridgehead atoms. The number of ether oxygens (including phenoxy) is 1. The maximum Gasteiger partial charge on any atom is 0.197 e. The number of nitrogens with zero attached hydrogens (tertiary/aromatic N) is 3. The Bertz CT molecular complexity index is 818. The highest BCUT2D eigenvalue weighted by molar-refractivity contribution is 7.14. The maximum absolute atomic E-state index is 9.01. The van der Waals surface area contributed by atoms with Crippen molar-refractivity contribution in [3.63, 3.8) is 0 Å². The molecule has 0 amide bonds. The van der Waals surface area contributed by atoms with Crippen molar-refractivity contribution < 1.29 is 4.74 Å². The topological polar surface area (TPSA) is 82.3 Å². The molecule has 1 aromatic carbocycles. The lowest BCUT2D eigenvalue weighted by Crippen LogP contribution is -2.35. The van der Waals surface area contributed by atoms with Crippen LogP contribution in [-0.4, -0.2) is 24.0 Å². The van der Waals surface area contributed by atoms with Crippen LogP contribution >= 0.6 is 11.3 Å². The third-order valence-corrected chi connectivity index (χ3v) is 4.83. The number of hydrogen-bond donors (Lipinski definition) is 2. The lowest BCUT2D eigenvalue weighted by Gasteiger charge is -2.16. The molecule has 7 heteroatoms. The minimum absolute atomic E-state index is 0.355. The SMILES string of the molecule is N#Cc1cccc(OC2(c3csc(NC4=NCCCN4)n3)CC2)c1. The van der Waals surface area contributed by atoms with Gasteiger partial charge in [0.15, 0.2) is 16.7 Å². The van der Waals surface area contributed by atoms with Gasteiger partial charge in [0.2, 0.25) is 0 Å². The normalized spacial score (nSPS) is 18.0. The maximum atomic E-state index is 9.01. The van der Waals surface area contributed by atoms with Crippen LogP contribution in [0.1, 0.15) is 30.5 Å². The van der Waals surface area contributed by atoms with Gasteiger partial charge in [0.05, 0.1) is 17.3 Å². The molecule has 6 nitrogen and oxygen atoms in total. The average molecular weight is 339 g/mol. The molecule has 0 atom stereocenters. The highest BCUT2D eigenvalue weighted by Gasteiger charge is 2.49. The van der Waals surface area contributed by atoms with E-state index in [1.54, 1.807) is 23.5 Å². The van der Waals surface area contributed by atoms with Crippen LogP contribution in [0.4, 0.5) is 5.13 Å². The first kappa shape index (κ1) is 15.0. The first-order chi connectivity index (χ1) is 11.8. The van der Waals surface area contributed by atoms with Crippen molar-refractivity contribution >= 4 is 22.4 Å². The summed E-state index contributed by atoms with van der Waals surface area (Å²) in [6, 6.07) is 9.40. The Kier molecular flexibility index (Phi) is 3.82. The summed E-state index contributed by atoms with van der Waals surface area (Å²) >= 11 is 1.55. The summed E-state index contributed by atoms with van der Waals surface area (Å²) in [5.74, 6) is 1.50. The van der Waals surface area contributed by atoms with Gasteiger partial charge in [0.1, 0.15) is 5.75 Å². The standard InChI is InChI=1S/C17H17N5OS/c18-10-12-3-1-4-13(9-12)23-17(5-6-17)14-11-24-16(21-14)22-15-19-7-2-8-20-15/h1,3-4,9,11H,2,5-8H2,(H2,19,20,21,22). The van der Waals surface area contributed by atoms with Crippen LogP contribution in [0.3, 0.4) is 0 Å². The van der Waals surface area contributed by atoms with Gasteiger partial charge in [-0.05, 0) is 37.5 Å². The van der Waals surface area contributed by atoms with E-state index in [9.17, 15) is 0 Å². The quantitative estimate of drug-likeness (QED) is 0.895. The van der Waals surface area contributed by atoms with Crippen LogP contribution in [0.25, 0.3) is 0 Å². The number of aliphatic imine (C=N–C) groups is 1. The molecule has 2 aromatic rings. The predicted molar refractivity (Wildman–Crippen MR) is 93.4 cm³/mol. The first-order valence-corrected chi connectivity index (χ1v) is 8.86. The highest BCUT2D eigenvalue weighted by Crippen LogP contribution is 2.49. The van der Waals surface area contributed by atoms with Crippen molar-refractivity contribution in [2.24, 2.45) is 4.99 Å². The molecular formula is C17H17N5OS. The molecule has 0 radical (unpaired) electrons. The molecule has 1 aromatic heterocycles. The number of nitriles is 1. The second kappa shape index (κ2) is 6.13. The van der Waals surface area contributed by atoms with Crippen molar-refractivity contribution in [1.29, 1.82) is 5.26 Å². The predicted octanol–water partition coefficient (Wildman–Crippen LogP) is 2.84. The Morgan fingerprint density at radius 3 is 3.04 bits per heavy atom. The van der Waals surface area contributed by atoms with E-state index in [0.29, 0.717) is 11.3 Å². The monoisotopic (exact) mass is 339 g/mol. The summed E-state index contributed by atoms with van der Waals surface area (Å²) in [6.45, 7) is 1.78. The largest absolute Gasteiger partial charge is 0.481 e. The Morgan fingerprint density at radius 1 is 1.38 bits per heavy atom. The van der Waals surface area contributed by atoms with E-state index in [4.69, 9.17) is 10.00 Å². The zero-order valence-corrected chi connectivity index (χ0v) is 13.9. The molecule has 2 aliphatic rings. The molecule has 2 N–H and O–H groups in total. The Hall–Kier alpha value is -2.59. The van der Waals surface area contributed by atoms with E-state index in [1.165, 1.54) is 0 Å². The second-order valence-corrected chi connectivity index (χ2v) is 6.77. The molecule has 0 spiro atoms. The van der Waals surface area contributed by atoms with Crippen LogP contribution in [0.2, 0.25) is 0 Å². The molecule has 122 valence electrons. The Labute approximate surface area is 144 Å². The Morgan fingerprint density at radius 2 is 2.29 bits per heavy atom. The summed E-state index contributed by atoms with van der Waals surface area (Å²) < 4.78 is 6.16. The zero-order chi connectivity index (χ0) is 16.4. The van der Waals surface area contributed by atoms with Gasteiger partial charge in [-0.3, -0.25) is 4.99 Å². The van der Waals surface area contributed by atoms with Crippen LogP contribution < -0.4 is 15.4 Å². The molecule has 2 heterocycles. The van der Waals surface area contributed by atoms with E-state index in [2.05, 4.69) is 26.7 Å². The number of thiazole rings is 1. The molecule has 0 saturated heterocycles. The number of nitrogens with one attached hydrogen (secondary N) is 2. The van der Waals surface area contributed by atoms with Gasteiger partial charge in [-0.1, -0.05) is 6.07 Å². The molecular weight excluding hydrogens is 322 g/mol.